The minimum atomic E-state index is 0.794. The van der Waals surface area contributed by atoms with Gasteiger partial charge >= 0.3 is 0 Å². The monoisotopic (exact) mass is 378 g/mol. The third kappa shape index (κ3) is 6.40. The second-order valence-electron chi connectivity index (χ2n) is 8.59. The Labute approximate surface area is 172 Å². The third-order valence-electron chi connectivity index (χ3n) is 6.36. The first-order valence-corrected chi connectivity index (χ1v) is 11.6. The van der Waals surface area contributed by atoms with Gasteiger partial charge in [0.1, 0.15) is 5.75 Å². The van der Waals surface area contributed by atoms with Crippen LogP contribution < -0.4 is 4.74 Å². The largest absolute Gasteiger partial charge is 0.494 e. The Balaban J connectivity index is 1.44. The summed E-state index contributed by atoms with van der Waals surface area (Å²) in [5.74, 6) is 2.77. The Morgan fingerprint density at radius 2 is 1.36 bits per heavy atom. The Morgan fingerprint density at radius 1 is 0.750 bits per heavy atom. The van der Waals surface area contributed by atoms with Crippen LogP contribution >= 0.6 is 0 Å². The molecule has 2 aromatic carbocycles. The SMILES string of the molecule is CCCC[C@H]1CC[C@H](c2ccc(CCc3ccc(OCCC)cc3)cc2)CC1. The number of hydrogen-bond acceptors (Lipinski definition) is 1. The van der Waals surface area contributed by atoms with Gasteiger partial charge in [-0.3, -0.25) is 0 Å². The molecule has 0 radical (unpaired) electrons. The van der Waals surface area contributed by atoms with E-state index in [2.05, 4.69) is 62.4 Å². The Morgan fingerprint density at radius 3 is 1.93 bits per heavy atom. The fourth-order valence-corrected chi connectivity index (χ4v) is 4.49. The highest BCUT2D eigenvalue weighted by molar-refractivity contribution is 5.30. The van der Waals surface area contributed by atoms with Crippen LogP contribution in [0.25, 0.3) is 0 Å². The van der Waals surface area contributed by atoms with Gasteiger partial charge in [0, 0.05) is 0 Å². The molecule has 3 rings (SSSR count). The lowest BCUT2D eigenvalue weighted by atomic mass is 9.77. The average molecular weight is 379 g/mol. The predicted octanol–water partition coefficient (Wildman–Crippen LogP) is 7.72. The van der Waals surface area contributed by atoms with Crippen molar-refractivity contribution in [1.29, 1.82) is 0 Å². The van der Waals surface area contributed by atoms with Gasteiger partial charge in [0.05, 0.1) is 6.61 Å². The lowest BCUT2D eigenvalue weighted by molar-refractivity contribution is 0.304. The second kappa shape index (κ2) is 11.3. The van der Waals surface area contributed by atoms with Gasteiger partial charge in [-0.15, -0.1) is 0 Å². The lowest BCUT2D eigenvalue weighted by Crippen LogP contribution is -2.13. The van der Waals surface area contributed by atoms with Crippen LogP contribution in [0.4, 0.5) is 0 Å². The summed E-state index contributed by atoms with van der Waals surface area (Å²) >= 11 is 0. The second-order valence-corrected chi connectivity index (χ2v) is 8.59. The van der Waals surface area contributed by atoms with E-state index in [0.29, 0.717) is 0 Å². The molecule has 0 aromatic heterocycles. The first-order valence-electron chi connectivity index (χ1n) is 11.6. The van der Waals surface area contributed by atoms with Gasteiger partial charge in [0.25, 0.3) is 0 Å². The number of ether oxygens (including phenoxy) is 1. The maximum Gasteiger partial charge on any atom is 0.119 e. The first kappa shape index (κ1) is 21.0. The van der Waals surface area contributed by atoms with E-state index in [-0.39, 0.29) is 0 Å². The van der Waals surface area contributed by atoms with E-state index in [1.807, 2.05) is 0 Å². The van der Waals surface area contributed by atoms with E-state index >= 15 is 0 Å². The summed E-state index contributed by atoms with van der Waals surface area (Å²) in [5, 5.41) is 0. The molecule has 0 N–H and O–H groups in total. The van der Waals surface area contributed by atoms with Gasteiger partial charge in [-0.1, -0.05) is 69.5 Å². The summed E-state index contributed by atoms with van der Waals surface area (Å²) in [6, 6.07) is 18.1. The molecule has 0 amide bonds. The number of unbranched alkanes of at least 4 members (excludes halogenated alkanes) is 1. The Kier molecular flexibility index (Phi) is 8.45. The number of benzene rings is 2. The van der Waals surface area contributed by atoms with E-state index in [9.17, 15) is 0 Å². The summed E-state index contributed by atoms with van der Waals surface area (Å²) < 4.78 is 5.67. The fraction of sp³-hybridized carbons (Fsp3) is 0.556. The van der Waals surface area contributed by atoms with Gasteiger partial charge < -0.3 is 4.74 Å². The maximum absolute atomic E-state index is 5.67. The zero-order chi connectivity index (χ0) is 19.6. The topological polar surface area (TPSA) is 9.23 Å². The van der Waals surface area contributed by atoms with Crippen LogP contribution in [-0.2, 0) is 12.8 Å². The third-order valence-corrected chi connectivity index (χ3v) is 6.36. The molecule has 152 valence electrons. The predicted molar refractivity (Wildman–Crippen MR) is 120 cm³/mol. The van der Waals surface area contributed by atoms with Gasteiger partial charge in [-0.2, -0.15) is 0 Å². The van der Waals surface area contributed by atoms with Crippen LogP contribution in [0.2, 0.25) is 0 Å². The molecule has 28 heavy (non-hydrogen) atoms. The van der Waals surface area contributed by atoms with Crippen LogP contribution in [0, 0.1) is 5.92 Å². The van der Waals surface area contributed by atoms with Gasteiger partial charge in [-0.25, -0.2) is 0 Å². The molecule has 0 bridgehead atoms. The van der Waals surface area contributed by atoms with Crippen molar-refractivity contribution in [2.24, 2.45) is 5.92 Å². The van der Waals surface area contributed by atoms with Crippen molar-refractivity contribution in [3.8, 4) is 5.75 Å². The number of hydrogen-bond donors (Lipinski definition) is 0. The molecule has 0 spiro atoms. The van der Waals surface area contributed by atoms with E-state index < -0.39 is 0 Å². The van der Waals surface area contributed by atoms with Crippen LogP contribution in [0.15, 0.2) is 48.5 Å². The van der Waals surface area contributed by atoms with Crippen molar-refractivity contribution in [1.82, 2.24) is 0 Å². The average Bonchev–Trinajstić information content (AvgIpc) is 2.76. The molecule has 1 nitrogen and oxygen atoms in total. The maximum atomic E-state index is 5.67. The molecule has 0 aliphatic heterocycles. The molecular formula is C27H38O. The number of rotatable bonds is 10. The van der Waals surface area contributed by atoms with E-state index in [4.69, 9.17) is 4.74 Å². The van der Waals surface area contributed by atoms with Crippen LogP contribution in [0.3, 0.4) is 0 Å². The minimum Gasteiger partial charge on any atom is -0.494 e. The highest BCUT2D eigenvalue weighted by atomic mass is 16.5. The molecule has 1 heteroatoms. The normalized spacial score (nSPS) is 19.5. The van der Waals surface area contributed by atoms with E-state index in [1.165, 1.54) is 56.1 Å². The summed E-state index contributed by atoms with van der Waals surface area (Å²) in [5.41, 5.74) is 4.40. The molecular weight excluding hydrogens is 340 g/mol. The van der Waals surface area contributed by atoms with Crippen molar-refractivity contribution < 1.29 is 4.74 Å². The lowest BCUT2D eigenvalue weighted by Gasteiger charge is -2.29. The van der Waals surface area contributed by atoms with Crippen LogP contribution in [0.1, 0.15) is 87.8 Å². The van der Waals surface area contributed by atoms with Gasteiger partial charge in [0.15, 0.2) is 0 Å². The molecule has 0 heterocycles. The molecule has 0 atom stereocenters. The van der Waals surface area contributed by atoms with Gasteiger partial charge in [-0.05, 0) is 85.6 Å². The van der Waals surface area contributed by atoms with Crippen molar-refractivity contribution in [2.75, 3.05) is 6.61 Å². The highest BCUT2D eigenvalue weighted by Gasteiger charge is 2.21. The van der Waals surface area contributed by atoms with Crippen LogP contribution in [0.5, 0.6) is 5.75 Å². The molecule has 2 aromatic rings. The van der Waals surface area contributed by atoms with Crippen molar-refractivity contribution in [3.05, 3.63) is 65.2 Å². The zero-order valence-corrected chi connectivity index (χ0v) is 18.0. The minimum absolute atomic E-state index is 0.794. The molecule has 0 saturated heterocycles. The quantitative estimate of drug-likeness (QED) is 0.411. The zero-order valence-electron chi connectivity index (χ0n) is 18.0. The van der Waals surface area contributed by atoms with Crippen molar-refractivity contribution in [2.45, 2.75) is 84.0 Å². The Hall–Kier alpha value is -1.76. The summed E-state index contributed by atoms with van der Waals surface area (Å²) in [6.45, 7) is 5.24. The standard InChI is InChI=1S/C27H38O/c1-3-5-6-22-9-15-25(16-10-22)26-17-11-23(12-18-26)7-8-24-13-19-27(20-14-24)28-21-4-2/h11-14,17-20,22,25H,3-10,15-16,21H2,1-2H3/t22-,25-. The van der Waals surface area contributed by atoms with Crippen molar-refractivity contribution >= 4 is 0 Å². The van der Waals surface area contributed by atoms with Gasteiger partial charge in [0.2, 0.25) is 0 Å². The molecule has 0 unspecified atom stereocenters. The summed E-state index contributed by atoms with van der Waals surface area (Å²) in [4.78, 5) is 0. The van der Waals surface area contributed by atoms with Crippen molar-refractivity contribution in [3.63, 3.8) is 0 Å². The fourth-order valence-electron chi connectivity index (χ4n) is 4.49. The molecule has 1 saturated carbocycles. The molecule has 1 fully saturated rings. The Bertz CT molecular complexity index is 662. The highest BCUT2D eigenvalue weighted by Crippen LogP contribution is 2.37. The number of aryl methyl sites for hydroxylation is 2. The summed E-state index contributed by atoms with van der Waals surface area (Å²) in [6.07, 6.45) is 13.1. The first-order chi connectivity index (χ1) is 13.8. The van der Waals surface area contributed by atoms with Crippen LogP contribution in [-0.4, -0.2) is 6.61 Å². The van der Waals surface area contributed by atoms with E-state index in [0.717, 1.165) is 43.5 Å². The molecule has 1 aliphatic carbocycles. The smallest absolute Gasteiger partial charge is 0.119 e. The van der Waals surface area contributed by atoms with E-state index in [1.54, 1.807) is 5.56 Å². The summed E-state index contributed by atoms with van der Waals surface area (Å²) in [7, 11) is 0. The molecule has 1 aliphatic rings.